The molecule has 0 radical (unpaired) electrons. The van der Waals surface area contributed by atoms with Crippen LogP contribution in [-0.2, 0) is 9.53 Å². The normalized spacial score (nSPS) is 16.9. The van der Waals surface area contributed by atoms with Crippen LogP contribution in [0.15, 0.2) is 38.4 Å². The highest BCUT2D eigenvalue weighted by atomic mass is 35.5. The Labute approximate surface area is 130 Å². The summed E-state index contributed by atoms with van der Waals surface area (Å²) in [5.41, 5.74) is 2.37. The number of carbonyl (C=O) groups excluding carboxylic acids is 1. The monoisotopic (exact) mass is 309 g/mol. The number of hydrogen-bond acceptors (Lipinski definition) is 5. The minimum absolute atomic E-state index is 0.139. The van der Waals surface area contributed by atoms with Crippen LogP contribution in [0, 0.1) is 11.8 Å². The molecule has 0 N–H and O–H groups in total. The molecule has 5 nitrogen and oxygen atoms in total. The Morgan fingerprint density at radius 3 is 2.86 bits per heavy atom. The van der Waals surface area contributed by atoms with Crippen molar-refractivity contribution in [2.24, 2.45) is 26.8 Å². The molecule has 1 atom stereocenters. The first-order valence-corrected chi connectivity index (χ1v) is 7.13. The molecule has 0 aromatic heterocycles. The van der Waals surface area contributed by atoms with E-state index in [1.165, 1.54) is 7.11 Å². The lowest BCUT2D eigenvalue weighted by atomic mass is 9.88. The first-order chi connectivity index (χ1) is 10.0. The van der Waals surface area contributed by atoms with Gasteiger partial charge in [0.25, 0.3) is 0 Å². The lowest BCUT2D eigenvalue weighted by molar-refractivity contribution is -0.145. The SMILES string of the molecule is C=N/C=C(\C=N/CCl)C1=NCC(C(C(=O)OC)C(C)C)=C1. The number of ether oxygens (including phenoxy) is 1. The van der Waals surface area contributed by atoms with Crippen LogP contribution in [0.2, 0.25) is 0 Å². The summed E-state index contributed by atoms with van der Waals surface area (Å²) in [7, 11) is 1.40. The highest BCUT2D eigenvalue weighted by Gasteiger charge is 2.29. The van der Waals surface area contributed by atoms with E-state index in [0.29, 0.717) is 12.1 Å². The van der Waals surface area contributed by atoms with Gasteiger partial charge in [0.05, 0.1) is 25.3 Å². The van der Waals surface area contributed by atoms with E-state index < -0.39 is 0 Å². The molecule has 0 saturated heterocycles. The molecular formula is C15H20ClN3O2. The summed E-state index contributed by atoms with van der Waals surface area (Å²) in [4.78, 5) is 24.1. The maximum atomic E-state index is 11.9. The van der Waals surface area contributed by atoms with Crippen LogP contribution in [0.25, 0.3) is 0 Å². The average molecular weight is 310 g/mol. The molecule has 1 rings (SSSR count). The van der Waals surface area contributed by atoms with Crippen LogP contribution >= 0.6 is 11.6 Å². The van der Waals surface area contributed by atoms with Gasteiger partial charge >= 0.3 is 5.97 Å². The zero-order chi connectivity index (χ0) is 15.8. The Hall–Kier alpha value is -1.75. The first kappa shape index (κ1) is 17.3. The summed E-state index contributed by atoms with van der Waals surface area (Å²) in [6.07, 6.45) is 5.05. The molecule has 0 amide bonds. The zero-order valence-corrected chi connectivity index (χ0v) is 13.3. The van der Waals surface area contributed by atoms with Crippen molar-refractivity contribution in [3.05, 3.63) is 23.4 Å². The Morgan fingerprint density at radius 2 is 2.33 bits per heavy atom. The molecule has 1 aliphatic heterocycles. The van der Waals surface area contributed by atoms with Gasteiger partial charge in [-0.15, -0.1) is 11.6 Å². The molecule has 0 aromatic carbocycles. The second kappa shape index (κ2) is 8.52. The van der Waals surface area contributed by atoms with Crippen LogP contribution < -0.4 is 0 Å². The van der Waals surface area contributed by atoms with Crippen LogP contribution in [0.3, 0.4) is 0 Å². The zero-order valence-electron chi connectivity index (χ0n) is 12.5. The molecule has 0 aliphatic carbocycles. The van der Waals surface area contributed by atoms with E-state index in [1.807, 2.05) is 19.9 Å². The van der Waals surface area contributed by atoms with Crippen molar-refractivity contribution < 1.29 is 9.53 Å². The molecule has 0 bridgehead atoms. The van der Waals surface area contributed by atoms with Gasteiger partial charge in [-0.2, -0.15) is 0 Å². The smallest absolute Gasteiger partial charge is 0.313 e. The van der Waals surface area contributed by atoms with Gasteiger partial charge < -0.3 is 4.74 Å². The number of alkyl halides is 1. The van der Waals surface area contributed by atoms with Gasteiger partial charge in [0.2, 0.25) is 0 Å². The van der Waals surface area contributed by atoms with Crippen molar-refractivity contribution in [2.75, 3.05) is 19.7 Å². The van der Waals surface area contributed by atoms with Crippen molar-refractivity contribution in [3.8, 4) is 0 Å². The Morgan fingerprint density at radius 1 is 1.62 bits per heavy atom. The number of methoxy groups -OCH3 is 1. The Balaban J connectivity index is 3.02. The van der Waals surface area contributed by atoms with Gasteiger partial charge in [-0.05, 0) is 24.3 Å². The van der Waals surface area contributed by atoms with E-state index in [1.54, 1.807) is 12.4 Å². The number of allylic oxidation sites excluding steroid dienone is 2. The highest BCUT2D eigenvalue weighted by Crippen LogP contribution is 2.26. The van der Waals surface area contributed by atoms with Crippen molar-refractivity contribution in [1.29, 1.82) is 0 Å². The predicted molar refractivity (Wildman–Crippen MR) is 87.6 cm³/mol. The second-order valence-corrected chi connectivity index (χ2v) is 5.10. The number of halogens is 1. The number of rotatable bonds is 7. The summed E-state index contributed by atoms with van der Waals surface area (Å²) in [6, 6.07) is 0.162. The van der Waals surface area contributed by atoms with Crippen LogP contribution in [0.1, 0.15) is 13.8 Å². The number of nitrogens with zero attached hydrogens (tertiary/aromatic N) is 3. The van der Waals surface area contributed by atoms with Crippen molar-refractivity contribution in [1.82, 2.24) is 0 Å². The second-order valence-electron chi connectivity index (χ2n) is 4.86. The standard InChI is InChI=1S/C15H20ClN3O2/c1-10(2)14(15(20)21-4)11-5-13(19-8-11)12(6-17-3)7-18-9-16/h5-7,10,14H,3,8-9H2,1-2,4H3/b12-6+,18-7-. The third-order valence-corrected chi connectivity index (χ3v) is 3.24. The topological polar surface area (TPSA) is 63.4 Å². The number of esters is 1. The molecule has 6 heteroatoms. The first-order valence-electron chi connectivity index (χ1n) is 6.60. The number of carbonyl (C=O) groups is 1. The summed E-state index contributed by atoms with van der Waals surface area (Å²) < 4.78 is 4.88. The predicted octanol–water partition coefficient (Wildman–Crippen LogP) is 2.66. The summed E-state index contributed by atoms with van der Waals surface area (Å²) in [5.74, 6) is -0.395. The molecule has 0 aromatic rings. The average Bonchev–Trinajstić information content (AvgIpc) is 2.92. The molecule has 1 aliphatic rings. The molecule has 0 spiro atoms. The van der Waals surface area contributed by atoms with E-state index in [9.17, 15) is 4.79 Å². The molecule has 0 saturated carbocycles. The van der Waals surface area contributed by atoms with Crippen molar-refractivity contribution >= 4 is 36.2 Å². The van der Waals surface area contributed by atoms with E-state index in [4.69, 9.17) is 16.3 Å². The minimum Gasteiger partial charge on any atom is -0.469 e. The molecule has 1 unspecified atom stereocenters. The third-order valence-electron chi connectivity index (χ3n) is 3.10. The van der Waals surface area contributed by atoms with Gasteiger partial charge in [-0.1, -0.05) is 13.8 Å². The van der Waals surface area contributed by atoms with E-state index >= 15 is 0 Å². The Bertz CT molecular complexity index is 519. The fourth-order valence-electron chi connectivity index (χ4n) is 2.18. The van der Waals surface area contributed by atoms with Crippen molar-refractivity contribution in [2.45, 2.75) is 13.8 Å². The lowest BCUT2D eigenvalue weighted by Crippen LogP contribution is -2.24. The lowest BCUT2D eigenvalue weighted by Gasteiger charge is -2.18. The van der Waals surface area contributed by atoms with E-state index in [0.717, 1.165) is 11.3 Å². The largest absolute Gasteiger partial charge is 0.469 e. The molecule has 21 heavy (non-hydrogen) atoms. The number of hydrogen-bond donors (Lipinski definition) is 0. The summed E-state index contributed by atoms with van der Waals surface area (Å²) in [6.45, 7) is 7.87. The maximum absolute atomic E-state index is 11.9. The fraction of sp³-hybridized carbons (Fsp3) is 0.467. The van der Waals surface area contributed by atoms with Crippen LogP contribution in [0.5, 0.6) is 0 Å². The fourth-order valence-corrected chi connectivity index (χ4v) is 2.25. The van der Waals surface area contributed by atoms with Crippen molar-refractivity contribution in [3.63, 3.8) is 0 Å². The highest BCUT2D eigenvalue weighted by molar-refractivity contribution is 6.23. The maximum Gasteiger partial charge on any atom is 0.313 e. The molecule has 1 heterocycles. The van der Waals surface area contributed by atoms with Crippen LogP contribution in [-0.4, -0.2) is 44.3 Å². The van der Waals surface area contributed by atoms with Gasteiger partial charge in [0.15, 0.2) is 0 Å². The van der Waals surface area contributed by atoms with Gasteiger partial charge in [-0.25, -0.2) is 0 Å². The quantitative estimate of drug-likeness (QED) is 0.314. The van der Waals surface area contributed by atoms with Crippen LogP contribution in [0.4, 0.5) is 0 Å². The molecule has 114 valence electrons. The van der Waals surface area contributed by atoms with E-state index in [2.05, 4.69) is 21.7 Å². The third kappa shape index (κ3) is 4.63. The van der Waals surface area contributed by atoms with Gasteiger partial charge in [0, 0.05) is 18.0 Å². The molecular weight excluding hydrogens is 290 g/mol. The Kier molecular flexibility index (Phi) is 7.02. The molecule has 0 fully saturated rings. The van der Waals surface area contributed by atoms with E-state index in [-0.39, 0.29) is 23.8 Å². The summed E-state index contributed by atoms with van der Waals surface area (Å²) >= 11 is 5.55. The summed E-state index contributed by atoms with van der Waals surface area (Å²) in [5, 5.41) is 0. The van der Waals surface area contributed by atoms with Gasteiger partial charge in [-0.3, -0.25) is 19.8 Å². The minimum atomic E-state index is -0.292. The number of aliphatic imine (C=N–C) groups is 3. The van der Waals surface area contributed by atoms with Gasteiger partial charge in [0.1, 0.15) is 6.00 Å².